The first-order chi connectivity index (χ1) is 13.9. The molecule has 1 aliphatic heterocycles. The third-order valence-electron chi connectivity index (χ3n) is 6.80. The second kappa shape index (κ2) is 7.61. The molecule has 3 amide bonds. The molecule has 1 aromatic rings. The van der Waals surface area contributed by atoms with Gasteiger partial charge in [-0.15, -0.1) is 0 Å². The zero-order valence-corrected chi connectivity index (χ0v) is 16.8. The van der Waals surface area contributed by atoms with Crippen LogP contribution in [0.2, 0.25) is 0 Å². The molecule has 0 unspecified atom stereocenters. The first kappa shape index (κ1) is 19.6. The fourth-order valence-electron chi connectivity index (χ4n) is 5.18. The number of imide groups is 1. The molecule has 4 atom stereocenters. The monoisotopic (exact) mass is 398 g/mol. The van der Waals surface area contributed by atoms with Gasteiger partial charge in [-0.1, -0.05) is 12.1 Å². The van der Waals surface area contributed by atoms with Crippen molar-refractivity contribution >= 4 is 29.4 Å². The average molecular weight is 398 g/mol. The predicted octanol–water partition coefficient (Wildman–Crippen LogP) is 2.21. The fraction of sp³-hybridized carbons (Fsp3) is 0.545. The summed E-state index contributed by atoms with van der Waals surface area (Å²) in [6.07, 6.45) is 2.94. The summed E-state index contributed by atoms with van der Waals surface area (Å²) >= 11 is 0. The van der Waals surface area contributed by atoms with Gasteiger partial charge in [-0.05, 0) is 62.1 Å². The normalized spacial score (nSPS) is 27.3. The predicted molar refractivity (Wildman–Crippen MR) is 105 cm³/mol. The van der Waals surface area contributed by atoms with Gasteiger partial charge in [0.15, 0.2) is 6.61 Å². The number of ether oxygens (including phenoxy) is 1. The Labute approximate surface area is 169 Å². The minimum absolute atomic E-state index is 0.0293. The van der Waals surface area contributed by atoms with Crippen molar-refractivity contribution in [1.29, 1.82) is 0 Å². The van der Waals surface area contributed by atoms with E-state index >= 15 is 0 Å². The van der Waals surface area contributed by atoms with Crippen LogP contribution >= 0.6 is 0 Å². The number of hydrogen-bond donors (Lipinski definition) is 1. The van der Waals surface area contributed by atoms with Crippen LogP contribution in [0.4, 0.5) is 5.69 Å². The Morgan fingerprint density at radius 2 is 1.76 bits per heavy atom. The Morgan fingerprint density at radius 3 is 2.41 bits per heavy atom. The molecule has 3 aliphatic rings. The van der Waals surface area contributed by atoms with E-state index in [1.54, 1.807) is 6.07 Å². The molecule has 0 spiro atoms. The highest BCUT2D eigenvalue weighted by Gasteiger charge is 2.60. The van der Waals surface area contributed by atoms with Gasteiger partial charge in [0.05, 0.1) is 18.3 Å². The second-order valence-electron chi connectivity index (χ2n) is 8.42. The van der Waals surface area contributed by atoms with Crippen LogP contribution in [0.25, 0.3) is 0 Å². The molecule has 1 aromatic carbocycles. The summed E-state index contributed by atoms with van der Waals surface area (Å²) in [5.41, 5.74) is 2.69. The van der Waals surface area contributed by atoms with E-state index in [0.717, 1.165) is 30.4 Å². The highest BCUT2D eigenvalue weighted by atomic mass is 16.5. The molecule has 1 saturated heterocycles. The summed E-state index contributed by atoms with van der Waals surface area (Å²) in [7, 11) is 0. The molecule has 0 radical (unpaired) electrons. The number of nitrogens with one attached hydrogen (secondary N) is 1. The minimum Gasteiger partial charge on any atom is -0.456 e. The Bertz CT molecular complexity index is 852. The van der Waals surface area contributed by atoms with Crippen molar-refractivity contribution in [2.45, 2.75) is 39.5 Å². The number of anilines is 1. The molecular weight excluding hydrogens is 372 g/mol. The highest BCUT2D eigenvalue weighted by molar-refractivity contribution is 6.06. The van der Waals surface area contributed by atoms with Crippen LogP contribution in [-0.4, -0.2) is 41.7 Å². The Morgan fingerprint density at radius 1 is 1.10 bits per heavy atom. The summed E-state index contributed by atoms with van der Waals surface area (Å²) in [4.78, 5) is 50.5. The van der Waals surface area contributed by atoms with E-state index in [0.29, 0.717) is 17.5 Å². The Hall–Kier alpha value is -2.70. The summed E-state index contributed by atoms with van der Waals surface area (Å²) in [5, 5.41) is 2.73. The lowest BCUT2D eigenvalue weighted by Gasteiger charge is -2.19. The summed E-state index contributed by atoms with van der Waals surface area (Å²) < 4.78 is 5.02. The van der Waals surface area contributed by atoms with Crippen LogP contribution in [0.15, 0.2) is 18.2 Å². The number of aryl methyl sites for hydroxylation is 1. The number of benzene rings is 1. The van der Waals surface area contributed by atoms with Crippen molar-refractivity contribution < 1.29 is 23.9 Å². The maximum absolute atomic E-state index is 12.6. The number of amides is 3. The molecule has 1 N–H and O–H groups in total. The summed E-state index contributed by atoms with van der Waals surface area (Å²) in [6.45, 7) is 3.49. The minimum atomic E-state index is -0.596. The summed E-state index contributed by atoms with van der Waals surface area (Å²) in [6, 6.07) is 5.58. The number of hydrogen-bond acceptors (Lipinski definition) is 5. The number of carbonyl (C=O) groups excluding carboxylic acids is 4. The van der Waals surface area contributed by atoms with E-state index in [2.05, 4.69) is 5.32 Å². The van der Waals surface area contributed by atoms with Gasteiger partial charge < -0.3 is 10.1 Å². The van der Waals surface area contributed by atoms with Gasteiger partial charge >= 0.3 is 5.97 Å². The van der Waals surface area contributed by atoms with Gasteiger partial charge in [0, 0.05) is 12.2 Å². The third kappa shape index (κ3) is 3.54. The number of rotatable bonds is 6. The highest BCUT2D eigenvalue weighted by Crippen LogP contribution is 2.56. The number of likely N-dealkylation sites (tertiary alicyclic amines) is 1. The van der Waals surface area contributed by atoms with Gasteiger partial charge in [0.25, 0.3) is 5.91 Å². The zero-order chi connectivity index (χ0) is 20.7. The standard InChI is InChI=1S/C22H26N2O5/c1-12-4-3-5-16(13(12)2)23-17(25)11-29-18(26)8-9-24-21(27)19-14-6-7-15(10-14)20(19)22(24)28/h3-5,14-15,19-20H,6-11H2,1-2H3,(H,23,25)/t14-,15+,19-,20-/m0/s1. The van der Waals surface area contributed by atoms with Crippen molar-refractivity contribution in [2.24, 2.45) is 23.7 Å². The topological polar surface area (TPSA) is 92.8 Å². The molecule has 29 heavy (non-hydrogen) atoms. The van der Waals surface area contributed by atoms with Crippen molar-refractivity contribution in [3.63, 3.8) is 0 Å². The largest absolute Gasteiger partial charge is 0.456 e. The molecule has 2 aliphatic carbocycles. The zero-order valence-electron chi connectivity index (χ0n) is 16.8. The number of fused-ring (bicyclic) bond motifs is 5. The van der Waals surface area contributed by atoms with Crippen LogP contribution < -0.4 is 5.32 Å². The molecule has 154 valence electrons. The van der Waals surface area contributed by atoms with Crippen LogP contribution in [0.5, 0.6) is 0 Å². The quantitative estimate of drug-likeness (QED) is 0.586. The van der Waals surface area contributed by atoms with Crippen LogP contribution in [-0.2, 0) is 23.9 Å². The van der Waals surface area contributed by atoms with E-state index in [9.17, 15) is 19.2 Å². The molecule has 7 nitrogen and oxygen atoms in total. The van der Waals surface area contributed by atoms with E-state index in [1.807, 2.05) is 26.0 Å². The van der Waals surface area contributed by atoms with Crippen molar-refractivity contribution in [3.05, 3.63) is 29.3 Å². The van der Waals surface area contributed by atoms with Gasteiger partial charge in [-0.25, -0.2) is 0 Å². The molecule has 7 heteroatoms. The van der Waals surface area contributed by atoms with Gasteiger partial charge in [-0.3, -0.25) is 24.1 Å². The molecule has 3 fully saturated rings. The molecule has 2 bridgehead atoms. The van der Waals surface area contributed by atoms with Crippen molar-refractivity contribution in [3.8, 4) is 0 Å². The SMILES string of the molecule is Cc1cccc(NC(=O)COC(=O)CCN2C(=O)[C@H]3[C@@H]4CC[C@@H](C4)[C@@H]3C2=O)c1C. The van der Waals surface area contributed by atoms with E-state index in [4.69, 9.17) is 4.74 Å². The Balaban J connectivity index is 1.24. The maximum Gasteiger partial charge on any atom is 0.308 e. The van der Waals surface area contributed by atoms with Crippen LogP contribution in [0, 0.1) is 37.5 Å². The molecule has 2 saturated carbocycles. The second-order valence-corrected chi connectivity index (χ2v) is 8.42. The van der Waals surface area contributed by atoms with E-state index in [1.165, 1.54) is 4.90 Å². The van der Waals surface area contributed by atoms with E-state index < -0.39 is 18.5 Å². The maximum atomic E-state index is 12.6. The first-order valence-corrected chi connectivity index (χ1v) is 10.2. The van der Waals surface area contributed by atoms with Crippen molar-refractivity contribution in [2.75, 3.05) is 18.5 Å². The van der Waals surface area contributed by atoms with Crippen LogP contribution in [0.3, 0.4) is 0 Å². The lowest BCUT2D eigenvalue weighted by Crippen LogP contribution is -2.35. The van der Waals surface area contributed by atoms with Crippen LogP contribution in [0.1, 0.15) is 36.8 Å². The lowest BCUT2D eigenvalue weighted by molar-refractivity contribution is -0.149. The van der Waals surface area contributed by atoms with Gasteiger partial charge in [-0.2, -0.15) is 0 Å². The third-order valence-corrected chi connectivity index (χ3v) is 6.80. The summed E-state index contributed by atoms with van der Waals surface area (Å²) in [5.74, 6) is -0.992. The molecular formula is C22H26N2O5. The smallest absolute Gasteiger partial charge is 0.308 e. The molecule has 1 heterocycles. The molecule has 4 rings (SSSR count). The van der Waals surface area contributed by atoms with E-state index in [-0.39, 0.29) is 36.6 Å². The Kier molecular flexibility index (Phi) is 5.15. The van der Waals surface area contributed by atoms with Gasteiger partial charge in [0.2, 0.25) is 11.8 Å². The first-order valence-electron chi connectivity index (χ1n) is 10.2. The molecule has 0 aromatic heterocycles. The lowest BCUT2D eigenvalue weighted by atomic mass is 9.81. The number of nitrogens with zero attached hydrogens (tertiary/aromatic N) is 1. The van der Waals surface area contributed by atoms with Crippen molar-refractivity contribution in [1.82, 2.24) is 4.90 Å². The fourth-order valence-corrected chi connectivity index (χ4v) is 5.18. The number of esters is 1. The van der Waals surface area contributed by atoms with Gasteiger partial charge in [0.1, 0.15) is 0 Å². The average Bonchev–Trinajstić information content (AvgIpc) is 3.37. The number of carbonyl (C=O) groups is 4.